The molecule has 0 spiro atoms. The van der Waals surface area contributed by atoms with E-state index >= 15 is 0 Å². The van der Waals surface area contributed by atoms with E-state index < -0.39 is 5.41 Å². The van der Waals surface area contributed by atoms with Gasteiger partial charge in [0.2, 0.25) is 5.91 Å². The van der Waals surface area contributed by atoms with Gasteiger partial charge < -0.3 is 21.2 Å². The minimum Gasteiger partial charge on any atom is -0.409 e. The molecule has 1 unspecified atom stereocenters. The Morgan fingerprint density at radius 2 is 2.05 bits per heavy atom. The van der Waals surface area contributed by atoms with E-state index in [4.69, 9.17) is 10.9 Å². The number of nitrogens with zero attached hydrogens (tertiary/aromatic N) is 2. The molecule has 2 bridgehead atoms. The Hall–Kier alpha value is -1.30. The fraction of sp³-hybridized carbons (Fsp3) is 0.846. The van der Waals surface area contributed by atoms with Crippen molar-refractivity contribution in [3.8, 4) is 0 Å². The lowest BCUT2D eigenvalue weighted by molar-refractivity contribution is -0.133. The summed E-state index contributed by atoms with van der Waals surface area (Å²) in [6, 6.07) is 0.235. The summed E-state index contributed by atoms with van der Waals surface area (Å²) >= 11 is 0. The number of amides is 1. The molecule has 106 valence electrons. The van der Waals surface area contributed by atoms with Crippen molar-refractivity contribution in [2.75, 3.05) is 19.6 Å². The van der Waals surface area contributed by atoms with E-state index in [9.17, 15) is 4.79 Å². The Kier molecular flexibility index (Phi) is 3.12. The predicted molar refractivity (Wildman–Crippen MR) is 70.8 cm³/mol. The number of hydrogen-bond donors (Lipinski definition) is 3. The van der Waals surface area contributed by atoms with E-state index in [2.05, 4.69) is 15.4 Å². The van der Waals surface area contributed by atoms with Crippen LogP contribution in [0.4, 0.5) is 0 Å². The minimum atomic E-state index is -0.749. The Morgan fingerprint density at radius 1 is 1.37 bits per heavy atom. The highest BCUT2D eigenvalue weighted by Gasteiger charge is 2.49. The third-order valence-corrected chi connectivity index (χ3v) is 5.21. The Bertz CT molecular complexity index is 397. The fourth-order valence-corrected chi connectivity index (χ4v) is 3.66. The van der Waals surface area contributed by atoms with Crippen LogP contribution in [0.3, 0.4) is 0 Å². The van der Waals surface area contributed by atoms with Gasteiger partial charge in [-0.25, -0.2) is 0 Å². The van der Waals surface area contributed by atoms with Gasteiger partial charge in [-0.2, -0.15) is 0 Å². The van der Waals surface area contributed by atoms with Crippen molar-refractivity contribution < 1.29 is 10.0 Å². The molecular weight excluding hydrogens is 244 g/mol. The maximum absolute atomic E-state index is 12.5. The molecule has 3 aliphatic heterocycles. The van der Waals surface area contributed by atoms with Crippen LogP contribution in [0, 0.1) is 11.3 Å². The fourth-order valence-electron chi connectivity index (χ4n) is 3.66. The average molecular weight is 266 g/mol. The molecule has 6 heteroatoms. The first-order valence-corrected chi connectivity index (χ1v) is 7.17. The summed E-state index contributed by atoms with van der Waals surface area (Å²) in [5.41, 5.74) is 4.97. The number of hydrogen-bond acceptors (Lipinski definition) is 4. The van der Waals surface area contributed by atoms with Crippen LogP contribution in [0.15, 0.2) is 5.16 Å². The molecule has 3 heterocycles. The van der Waals surface area contributed by atoms with E-state index in [0.29, 0.717) is 18.8 Å². The largest absolute Gasteiger partial charge is 0.409 e. The monoisotopic (exact) mass is 266 g/mol. The van der Waals surface area contributed by atoms with Gasteiger partial charge in [-0.1, -0.05) is 11.6 Å². The third-order valence-electron chi connectivity index (χ3n) is 5.21. The van der Waals surface area contributed by atoms with Crippen LogP contribution in [-0.4, -0.2) is 47.5 Å². The van der Waals surface area contributed by atoms with Crippen molar-refractivity contribution in [1.82, 2.24) is 10.2 Å². The first-order valence-electron chi connectivity index (χ1n) is 7.17. The van der Waals surface area contributed by atoms with Crippen molar-refractivity contribution in [2.24, 2.45) is 22.2 Å². The molecule has 0 radical (unpaired) electrons. The molecule has 19 heavy (non-hydrogen) atoms. The number of nitrogens with one attached hydrogen (secondary N) is 1. The number of nitrogens with two attached hydrogens (primary N) is 1. The van der Waals surface area contributed by atoms with Crippen LogP contribution < -0.4 is 11.1 Å². The van der Waals surface area contributed by atoms with Gasteiger partial charge in [0, 0.05) is 12.6 Å². The third kappa shape index (κ3) is 1.98. The van der Waals surface area contributed by atoms with Crippen molar-refractivity contribution >= 4 is 11.7 Å². The van der Waals surface area contributed by atoms with Gasteiger partial charge in [0.05, 0.1) is 0 Å². The second-order valence-corrected chi connectivity index (χ2v) is 6.14. The maximum atomic E-state index is 12.5. The number of carbonyl (C=O) groups is 1. The highest BCUT2D eigenvalue weighted by molar-refractivity contribution is 6.07. The predicted octanol–water partition coefficient (Wildman–Crippen LogP) is 0.113. The van der Waals surface area contributed by atoms with Gasteiger partial charge >= 0.3 is 0 Å². The lowest BCUT2D eigenvalue weighted by Crippen LogP contribution is -2.62. The molecule has 4 rings (SSSR count). The molecule has 0 aromatic carbocycles. The quantitative estimate of drug-likeness (QED) is 0.293. The minimum absolute atomic E-state index is 0.0483. The highest BCUT2D eigenvalue weighted by atomic mass is 16.4. The molecule has 1 aliphatic carbocycles. The van der Waals surface area contributed by atoms with E-state index in [1.165, 1.54) is 12.8 Å². The van der Waals surface area contributed by atoms with Crippen LogP contribution in [0.25, 0.3) is 0 Å². The number of carbonyl (C=O) groups excluding carboxylic acids is 1. The van der Waals surface area contributed by atoms with Crippen LogP contribution in [0.2, 0.25) is 0 Å². The zero-order chi connectivity index (χ0) is 13.5. The summed E-state index contributed by atoms with van der Waals surface area (Å²) in [4.78, 5) is 14.9. The topological polar surface area (TPSA) is 91.0 Å². The summed E-state index contributed by atoms with van der Waals surface area (Å²) < 4.78 is 0. The molecule has 4 N–H and O–H groups in total. The lowest BCUT2D eigenvalue weighted by atomic mass is 9.67. The second-order valence-electron chi connectivity index (χ2n) is 6.14. The molecule has 4 fully saturated rings. The molecule has 3 saturated heterocycles. The number of oxime groups is 1. The Morgan fingerprint density at radius 3 is 2.47 bits per heavy atom. The summed E-state index contributed by atoms with van der Waals surface area (Å²) in [6.45, 7) is 3.26. The SMILES string of the molecule is NC(=NO)C1(C(=O)NC2CN3CCC2CC3)CCC1. The zero-order valence-corrected chi connectivity index (χ0v) is 11.1. The summed E-state index contributed by atoms with van der Waals surface area (Å²) in [5.74, 6) is 0.615. The van der Waals surface area contributed by atoms with Gasteiger partial charge in [0.25, 0.3) is 0 Å². The molecule has 1 atom stereocenters. The van der Waals surface area contributed by atoms with Crippen molar-refractivity contribution in [3.63, 3.8) is 0 Å². The summed E-state index contributed by atoms with van der Waals surface area (Å²) in [5, 5.41) is 15.1. The van der Waals surface area contributed by atoms with E-state index in [-0.39, 0.29) is 17.8 Å². The van der Waals surface area contributed by atoms with Gasteiger partial charge in [0.15, 0.2) is 5.84 Å². The summed E-state index contributed by atoms with van der Waals surface area (Å²) in [6.07, 6.45) is 4.68. The van der Waals surface area contributed by atoms with Crippen LogP contribution in [0.1, 0.15) is 32.1 Å². The van der Waals surface area contributed by atoms with E-state index in [1.807, 2.05) is 0 Å². The van der Waals surface area contributed by atoms with E-state index in [0.717, 1.165) is 26.1 Å². The molecule has 0 aromatic rings. The first kappa shape index (κ1) is 12.7. The smallest absolute Gasteiger partial charge is 0.234 e. The molecule has 1 saturated carbocycles. The van der Waals surface area contributed by atoms with Crippen LogP contribution >= 0.6 is 0 Å². The average Bonchev–Trinajstić information content (AvgIpc) is 2.38. The Labute approximate surface area is 113 Å². The van der Waals surface area contributed by atoms with Crippen molar-refractivity contribution in [1.29, 1.82) is 0 Å². The number of amidine groups is 1. The number of fused-ring (bicyclic) bond motifs is 3. The van der Waals surface area contributed by atoms with Crippen LogP contribution in [0.5, 0.6) is 0 Å². The molecule has 1 amide bonds. The number of piperidine rings is 3. The van der Waals surface area contributed by atoms with Gasteiger partial charge in [0.1, 0.15) is 5.41 Å². The highest BCUT2D eigenvalue weighted by Crippen LogP contribution is 2.42. The van der Waals surface area contributed by atoms with E-state index in [1.54, 1.807) is 0 Å². The molecule has 0 aromatic heterocycles. The number of rotatable bonds is 3. The van der Waals surface area contributed by atoms with Crippen LogP contribution in [-0.2, 0) is 4.79 Å². The standard InChI is InChI=1S/C13H22N4O2/c14-11(16-19)13(4-1-5-13)12(18)15-10-8-17-6-2-9(10)3-7-17/h9-10,19H,1-8H2,(H2,14,16)(H,15,18). The van der Waals surface area contributed by atoms with Crippen molar-refractivity contribution in [2.45, 2.75) is 38.1 Å². The van der Waals surface area contributed by atoms with Gasteiger partial charge in [-0.3, -0.25) is 4.79 Å². The molecule has 6 nitrogen and oxygen atoms in total. The maximum Gasteiger partial charge on any atom is 0.234 e. The molecule has 4 aliphatic rings. The Balaban J connectivity index is 1.68. The first-order chi connectivity index (χ1) is 9.15. The summed E-state index contributed by atoms with van der Waals surface area (Å²) in [7, 11) is 0. The second kappa shape index (κ2) is 4.67. The van der Waals surface area contributed by atoms with Gasteiger partial charge in [-0.05, 0) is 44.7 Å². The zero-order valence-electron chi connectivity index (χ0n) is 11.1. The van der Waals surface area contributed by atoms with Gasteiger partial charge in [-0.15, -0.1) is 0 Å². The lowest BCUT2D eigenvalue weighted by Gasteiger charge is -2.47. The van der Waals surface area contributed by atoms with Crippen molar-refractivity contribution in [3.05, 3.63) is 0 Å². The molecular formula is C13H22N4O2. The normalized spacial score (nSPS) is 36.6.